The van der Waals surface area contributed by atoms with Crippen LogP contribution in [0.15, 0.2) is 24.3 Å². The van der Waals surface area contributed by atoms with Crippen molar-refractivity contribution >= 4 is 0 Å². The van der Waals surface area contributed by atoms with Gasteiger partial charge in [0.25, 0.3) is 0 Å². The van der Waals surface area contributed by atoms with Crippen LogP contribution in [0.5, 0.6) is 0 Å². The summed E-state index contributed by atoms with van der Waals surface area (Å²) in [5.74, 6) is 0.567. The molecule has 0 saturated carbocycles. The normalized spacial score (nSPS) is 19.3. The molecule has 2 N–H and O–H groups in total. The van der Waals surface area contributed by atoms with E-state index >= 15 is 0 Å². The Morgan fingerprint density at radius 2 is 1.82 bits per heavy atom. The molecule has 0 aromatic heterocycles. The maximum absolute atomic E-state index is 9.82. The van der Waals surface area contributed by atoms with Crippen LogP contribution in [0.25, 0.3) is 0 Å². The summed E-state index contributed by atoms with van der Waals surface area (Å²) in [5, 5.41) is 13.5. The van der Waals surface area contributed by atoms with Gasteiger partial charge in [-0.2, -0.15) is 0 Å². The van der Waals surface area contributed by atoms with E-state index in [2.05, 4.69) is 50.4 Å². The Bertz CT molecular complexity index is 435. The smallest absolute Gasteiger partial charge is 0.0501 e. The van der Waals surface area contributed by atoms with Crippen molar-refractivity contribution in [2.24, 2.45) is 11.3 Å². The molecular formula is C19H31NO2. The van der Waals surface area contributed by atoms with E-state index in [1.807, 2.05) is 0 Å². The first-order chi connectivity index (χ1) is 10.5. The third kappa shape index (κ3) is 4.80. The highest BCUT2D eigenvalue weighted by molar-refractivity contribution is 5.22. The molecule has 1 atom stereocenters. The zero-order chi connectivity index (χ0) is 16.0. The van der Waals surface area contributed by atoms with Crippen LogP contribution >= 0.6 is 0 Å². The van der Waals surface area contributed by atoms with Gasteiger partial charge >= 0.3 is 0 Å². The summed E-state index contributed by atoms with van der Waals surface area (Å²) in [6.45, 7) is 9.32. The van der Waals surface area contributed by atoms with E-state index in [4.69, 9.17) is 4.74 Å². The van der Waals surface area contributed by atoms with Gasteiger partial charge in [0, 0.05) is 31.2 Å². The van der Waals surface area contributed by atoms with Gasteiger partial charge in [-0.15, -0.1) is 0 Å². The average molecular weight is 305 g/mol. The zero-order valence-corrected chi connectivity index (χ0v) is 14.3. The molecule has 124 valence electrons. The Morgan fingerprint density at radius 1 is 1.18 bits per heavy atom. The predicted molar refractivity (Wildman–Crippen MR) is 91.1 cm³/mol. The minimum absolute atomic E-state index is 0.00132. The van der Waals surface area contributed by atoms with Gasteiger partial charge in [-0.3, -0.25) is 0 Å². The second-order valence-electron chi connectivity index (χ2n) is 7.19. The maximum Gasteiger partial charge on any atom is 0.0501 e. The molecule has 22 heavy (non-hydrogen) atoms. The average Bonchev–Trinajstić information content (AvgIpc) is 2.54. The fourth-order valence-corrected chi connectivity index (χ4v) is 3.06. The third-order valence-electron chi connectivity index (χ3n) is 5.01. The van der Waals surface area contributed by atoms with E-state index in [9.17, 15) is 5.11 Å². The van der Waals surface area contributed by atoms with E-state index in [0.717, 1.165) is 39.0 Å². The van der Waals surface area contributed by atoms with Crippen molar-refractivity contribution in [1.82, 2.24) is 5.32 Å². The molecule has 0 amide bonds. The lowest BCUT2D eigenvalue weighted by Gasteiger charge is -2.37. The molecule has 1 unspecified atom stereocenters. The zero-order valence-electron chi connectivity index (χ0n) is 14.3. The number of aliphatic hydroxyl groups excluding tert-OH is 1. The minimum Gasteiger partial charge on any atom is -0.396 e. The van der Waals surface area contributed by atoms with Crippen LogP contribution in [0.4, 0.5) is 0 Å². The van der Waals surface area contributed by atoms with Gasteiger partial charge in [-0.05, 0) is 37.7 Å². The molecule has 1 saturated heterocycles. The van der Waals surface area contributed by atoms with E-state index in [-0.39, 0.29) is 12.0 Å². The molecule has 1 heterocycles. The molecule has 1 aliphatic rings. The van der Waals surface area contributed by atoms with E-state index in [1.165, 1.54) is 11.1 Å². The third-order valence-corrected chi connectivity index (χ3v) is 5.01. The van der Waals surface area contributed by atoms with E-state index in [1.54, 1.807) is 0 Å². The van der Waals surface area contributed by atoms with Crippen molar-refractivity contribution in [1.29, 1.82) is 0 Å². The second kappa shape index (κ2) is 8.09. The lowest BCUT2D eigenvalue weighted by molar-refractivity contribution is -0.0171. The first-order valence-corrected chi connectivity index (χ1v) is 8.52. The highest BCUT2D eigenvalue weighted by atomic mass is 16.5. The number of aliphatic hydroxyl groups is 1. The number of aryl methyl sites for hydroxylation is 1. The van der Waals surface area contributed by atoms with Crippen molar-refractivity contribution in [3.63, 3.8) is 0 Å². The largest absolute Gasteiger partial charge is 0.396 e. The summed E-state index contributed by atoms with van der Waals surface area (Å²) in [5.41, 5.74) is 2.68. The number of hydrogen-bond donors (Lipinski definition) is 2. The van der Waals surface area contributed by atoms with Gasteiger partial charge in [0.1, 0.15) is 0 Å². The maximum atomic E-state index is 9.82. The number of hydrogen-bond acceptors (Lipinski definition) is 3. The fourth-order valence-electron chi connectivity index (χ4n) is 3.06. The van der Waals surface area contributed by atoms with Crippen LogP contribution in [0.1, 0.15) is 37.8 Å². The highest BCUT2D eigenvalue weighted by Gasteiger charge is 2.32. The van der Waals surface area contributed by atoms with Crippen molar-refractivity contribution in [3.05, 3.63) is 35.4 Å². The number of nitrogens with one attached hydrogen (secondary N) is 1. The summed E-state index contributed by atoms with van der Waals surface area (Å²) in [7, 11) is 0. The molecule has 3 nitrogen and oxygen atoms in total. The van der Waals surface area contributed by atoms with Crippen molar-refractivity contribution in [3.8, 4) is 0 Å². The van der Waals surface area contributed by atoms with Crippen LogP contribution in [-0.4, -0.2) is 37.5 Å². The molecule has 1 aromatic rings. The van der Waals surface area contributed by atoms with Crippen LogP contribution in [0.3, 0.4) is 0 Å². The van der Waals surface area contributed by atoms with Gasteiger partial charge in [-0.1, -0.05) is 43.7 Å². The molecular weight excluding hydrogens is 274 g/mol. The minimum atomic E-state index is -0.00132. The standard InChI is InChI=1S/C19H31NO2/c1-15(2)18(12-17-6-4-16(3)5-7-17)20-13-19(14-21)8-10-22-11-9-19/h4-7,15,18,20-21H,8-14H2,1-3H3. The van der Waals surface area contributed by atoms with Gasteiger partial charge < -0.3 is 15.2 Å². The Kier molecular flexibility index (Phi) is 6.42. The van der Waals surface area contributed by atoms with Crippen molar-refractivity contribution in [2.75, 3.05) is 26.4 Å². The summed E-state index contributed by atoms with van der Waals surface area (Å²) in [6.07, 6.45) is 2.94. The number of benzene rings is 1. The molecule has 0 aliphatic carbocycles. The first kappa shape index (κ1) is 17.5. The van der Waals surface area contributed by atoms with Crippen molar-refractivity contribution in [2.45, 2.75) is 46.1 Å². The van der Waals surface area contributed by atoms with E-state index < -0.39 is 0 Å². The van der Waals surface area contributed by atoms with Gasteiger partial charge in [-0.25, -0.2) is 0 Å². The Labute approximate surface area is 135 Å². The molecule has 0 radical (unpaired) electrons. The summed E-state index contributed by atoms with van der Waals surface area (Å²) in [4.78, 5) is 0. The number of ether oxygens (including phenoxy) is 1. The van der Waals surface area contributed by atoms with Gasteiger partial charge in [0.05, 0.1) is 6.61 Å². The van der Waals surface area contributed by atoms with Gasteiger partial charge in [0.2, 0.25) is 0 Å². The lowest BCUT2D eigenvalue weighted by Crippen LogP contribution is -2.47. The fraction of sp³-hybridized carbons (Fsp3) is 0.684. The SMILES string of the molecule is Cc1ccc(CC(NCC2(CO)CCOCC2)C(C)C)cc1. The predicted octanol–water partition coefficient (Wildman–Crippen LogP) is 2.94. The lowest BCUT2D eigenvalue weighted by atomic mass is 9.80. The quantitative estimate of drug-likeness (QED) is 0.814. The molecule has 1 aliphatic heterocycles. The van der Waals surface area contributed by atoms with Crippen LogP contribution in [-0.2, 0) is 11.2 Å². The topological polar surface area (TPSA) is 41.5 Å². The summed E-state index contributed by atoms with van der Waals surface area (Å²) >= 11 is 0. The first-order valence-electron chi connectivity index (χ1n) is 8.52. The monoisotopic (exact) mass is 305 g/mol. The Hall–Kier alpha value is -0.900. The Morgan fingerprint density at radius 3 is 2.36 bits per heavy atom. The number of rotatable bonds is 7. The van der Waals surface area contributed by atoms with Crippen molar-refractivity contribution < 1.29 is 9.84 Å². The van der Waals surface area contributed by atoms with Crippen LogP contribution in [0.2, 0.25) is 0 Å². The molecule has 1 fully saturated rings. The molecule has 0 bridgehead atoms. The summed E-state index contributed by atoms with van der Waals surface area (Å²) < 4.78 is 5.45. The van der Waals surface area contributed by atoms with E-state index in [0.29, 0.717) is 12.0 Å². The molecule has 1 aromatic carbocycles. The molecule has 3 heteroatoms. The molecule has 0 spiro atoms. The van der Waals surface area contributed by atoms with Crippen LogP contribution < -0.4 is 5.32 Å². The van der Waals surface area contributed by atoms with Gasteiger partial charge in [0.15, 0.2) is 0 Å². The Balaban J connectivity index is 1.94. The molecule has 2 rings (SSSR count). The highest BCUT2D eigenvalue weighted by Crippen LogP contribution is 2.29. The van der Waals surface area contributed by atoms with Crippen LogP contribution in [0, 0.1) is 18.3 Å². The summed E-state index contributed by atoms with van der Waals surface area (Å²) in [6, 6.07) is 9.25. The second-order valence-corrected chi connectivity index (χ2v) is 7.19.